The molecule has 2 aromatic heterocycles. The van der Waals surface area contributed by atoms with Crippen LogP contribution >= 0.6 is 0 Å². The molecule has 2 aliphatic heterocycles. The van der Waals surface area contributed by atoms with E-state index in [4.69, 9.17) is 10.5 Å². The zero-order chi connectivity index (χ0) is 31.9. The fraction of sp³-hybridized carbons (Fsp3) is 0.355. The molecule has 2 saturated heterocycles. The molecule has 1 spiro atoms. The summed E-state index contributed by atoms with van der Waals surface area (Å²) in [5, 5.41) is 16.8. The number of hydrogen-bond acceptors (Lipinski definition) is 8. The third kappa shape index (κ3) is 6.41. The number of carboxylic acid groups (broad SMARTS) is 1. The summed E-state index contributed by atoms with van der Waals surface area (Å²) in [6.07, 6.45) is -3.91. The molecule has 10 nitrogen and oxygen atoms in total. The molecule has 0 radical (unpaired) electrons. The van der Waals surface area contributed by atoms with Crippen LogP contribution in [-0.4, -0.2) is 62.7 Å². The Morgan fingerprint density at radius 1 is 1.11 bits per heavy atom. The molecule has 1 unspecified atom stereocenters. The lowest BCUT2D eigenvalue weighted by Crippen LogP contribution is -2.41. The fourth-order valence-electron chi connectivity index (χ4n) is 6.12. The van der Waals surface area contributed by atoms with Gasteiger partial charge in [-0.25, -0.2) is 9.07 Å². The van der Waals surface area contributed by atoms with Gasteiger partial charge in [0.25, 0.3) is 0 Å². The van der Waals surface area contributed by atoms with E-state index in [2.05, 4.69) is 20.4 Å². The minimum atomic E-state index is -4.87. The van der Waals surface area contributed by atoms with Gasteiger partial charge in [-0.3, -0.25) is 4.79 Å². The molecule has 45 heavy (non-hydrogen) atoms. The predicted octanol–water partition coefficient (Wildman–Crippen LogP) is 5.07. The second-order valence-electron chi connectivity index (χ2n) is 11.6. The number of anilines is 2. The van der Waals surface area contributed by atoms with Crippen molar-refractivity contribution in [1.82, 2.24) is 25.1 Å². The van der Waals surface area contributed by atoms with Gasteiger partial charge in [0, 0.05) is 37.5 Å². The quantitative estimate of drug-likeness (QED) is 0.241. The summed E-state index contributed by atoms with van der Waals surface area (Å²) in [5.41, 5.74) is 7.21. The highest BCUT2D eigenvalue weighted by Crippen LogP contribution is 2.42. The first kappa shape index (κ1) is 30.3. The molecule has 4 N–H and O–H groups in total. The van der Waals surface area contributed by atoms with Gasteiger partial charge in [0.15, 0.2) is 0 Å². The summed E-state index contributed by atoms with van der Waals surface area (Å²) in [7, 11) is 0. The van der Waals surface area contributed by atoms with Crippen LogP contribution in [0.1, 0.15) is 36.6 Å². The minimum absolute atomic E-state index is 0.0978. The van der Waals surface area contributed by atoms with Crippen LogP contribution in [0.4, 0.5) is 29.3 Å². The number of alkyl halides is 3. The van der Waals surface area contributed by atoms with E-state index in [1.807, 2.05) is 4.90 Å². The number of nitrogens with one attached hydrogen (secondary N) is 1. The first-order valence-corrected chi connectivity index (χ1v) is 14.4. The van der Waals surface area contributed by atoms with Crippen molar-refractivity contribution in [3.8, 4) is 22.7 Å². The molecule has 0 saturated carbocycles. The zero-order valence-electron chi connectivity index (χ0n) is 24.3. The number of nitrogens with zero attached hydrogens (tertiary/aromatic N) is 5. The molecule has 0 amide bonds. The van der Waals surface area contributed by atoms with Crippen LogP contribution in [0.3, 0.4) is 0 Å². The highest BCUT2D eigenvalue weighted by atomic mass is 19.4. The number of aryl methyl sites for hydroxylation is 1. The number of aromatic nitrogens is 4. The monoisotopic (exact) mass is 625 g/mol. The van der Waals surface area contributed by atoms with Gasteiger partial charge in [0.2, 0.25) is 17.9 Å². The molecular weight excluding hydrogens is 594 g/mol. The van der Waals surface area contributed by atoms with Crippen LogP contribution in [0, 0.1) is 18.2 Å². The van der Waals surface area contributed by atoms with Gasteiger partial charge in [-0.05, 0) is 67.0 Å². The number of benzene rings is 2. The normalized spacial score (nSPS) is 18.7. The van der Waals surface area contributed by atoms with Crippen molar-refractivity contribution in [3.63, 3.8) is 0 Å². The number of aliphatic carboxylic acids is 1. The van der Waals surface area contributed by atoms with E-state index >= 15 is 0 Å². The highest BCUT2D eigenvalue weighted by molar-refractivity contribution is 5.74. The maximum absolute atomic E-state index is 14.7. The second-order valence-corrected chi connectivity index (χ2v) is 11.6. The number of hydrogen-bond donors (Lipinski definition) is 3. The number of nitrogen functional groups attached to an aromatic ring is 1. The number of nitrogens with two attached hydrogens (primary N) is 1. The minimum Gasteiger partial charge on any atom is -0.480 e. The Morgan fingerprint density at radius 2 is 1.87 bits per heavy atom. The van der Waals surface area contributed by atoms with Crippen molar-refractivity contribution in [2.75, 3.05) is 30.3 Å². The van der Waals surface area contributed by atoms with Gasteiger partial charge >= 0.3 is 12.1 Å². The highest BCUT2D eigenvalue weighted by Gasteiger charge is 2.46. The molecule has 4 aromatic rings. The van der Waals surface area contributed by atoms with E-state index in [0.29, 0.717) is 61.5 Å². The molecule has 2 aromatic carbocycles. The van der Waals surface area contributed by atoms with Crippen LogP contribution in [-0.2, 0) is 4.79 Å². The maximum Gasteiger partial charge on any atom is 0.429 e. The van der Waals surface area contributed by atoms with Gasteiger partial charge in [-0.2, -0.15) is 28.2 Å². The molecule has 2 atom stereocenters. The van der Waals surface area contributed by atoms with Gasteiger partial charge in [0.1, 0.15) is 17.7 Å². The van der Waals surface area contributed by atoms with Crippen molar-refractivity contribution in [1.29, 1.82) is 0 Å². The third-order valence-electron chi connectivity index (χ3n) is 8.49. The van der Waals surface area contributed by atoms with Gasteiger partial charge in [-0.15, -0.1) is 0 Å². The van der Waals surface area contributed by atoms with Crippen LogP contribution in [0.5, 0.6) is 5.88 Å². The number of carboxylic acids is 1. The van der Waals surface area contributed by atoms with Crippen LogP contribution < -0.4 is 20.7 Å². The Hall–Kier alpha value is -4.72. The largest absolute Gasteiger partial charge is 0.480 e. The Bertz CT molecular complexity index is 1720. The van der Waals surface area contributed by atoms with Crippen molar-refractivity contribution >= 4 is 17.7 Å². The lowest BCUT2D eigenvalue weighted by molar-refractivity contribution is -0.198. The number of rotatable bonds is 7. The molecule has 236 valence electrons. The zero-order valence-corrected chi connectivity index (χ0v) is 24.3. The number of carbonyl (C=O) groups is 1. The Labute approximate surface area is 255 Å². The van der Waals surface area contributed by atoms with Gasteiger partial charge in [0.05, 0.1) is 11.4 Å². The summed E-state index contributed by atoms with van der Waals surface area (Å²) in [5.74, 6) is -1.64. The topological polar surface area (TPSA) is 131 Å². The third-order valence-corrected chi connectivity index (χ3v) is 8.49. The summed E-state index contributed by atoms with van der Waals surface area (Å²) >= 11 is 0. The Kier molecular flexibility index (Phi) is 7.85. The molecule has 2 fully saturated rings. The molecular formula is C31H31F4N7O3. The van der Waals surface area contributed by atoms with Crippen molar-refractivity contribution in [2.45, 2.75) is 44.5 Å². The average Bonchev–Trinajstić information content (AvgIpc) is 3.62. The molecule has 0 bridgehead atoms. The number of halogens is 4. The van der Waals surface area contributed by atoms with E-state index < -0.39 is 30.1 Å². The second kappa shape index (κ2) is 11.7. The Morgan fingerprint density at radius 3 is 2.51 bits per heavy atom. The smallest absolute Gasteiger partial charge is 0.429 e. The first-order valence-electron chi connectivity index (χ1n) is 14.4. The summed E-state index contributed by atoms with van der Waals surface area (Å²) in [4.78, 5) is 21.5. The summed E-state index contributed by atoms with van der Waals surface area (Å²) in [6.45, 7) is 3.32. The van der Waals surface area contributed by atoms with Gasteiger partial charge < -0.3 is 25.8 Å². The average molecular weight is 626 g/mol. The van der Waals surface area contributed by atoms with Crippen molar-refractivity contribution < 1.29 is 32.2 Å². The maximum atomic E-state index is 14.7. The molecule has 2 aliphatic rings. The lowest BCUT2D eigenvalue weighted by atomic mass is 9.76. The molecule has 14 heteroatoms. The molecule has 6 rings (SSSR count). The van der Waals surface area contributed by atoms with E-state index in [-0.39, 0.29) is 28.5 Å². The summed E-state index contributed by atoms with van der Waals surface area (Å²) < 4.78 is 65.1. The molecule has 0 aliphatic carbocycles. The van der Waals surface area contributed by atoms with Crippen LogP contribution in [0.15, 0.2) is 60.8 Å². The van der Waals surface area contributed by atoms with Gasteiger partial charge in [-0.1, -0.05) is 24.3 Å². The standard InChI is InChI=1S/C31H31F4N7O3/c1-18-7-10-42(40-18)24-14-20(19-3-2-4-21(32)13-19)5-6-22(24)27(31(33,34)35)45-26-15-25(38-29(36)39-26)41-11-8-30(9-12-41)16-23(28(43)44)37-17-30/h2-7,10,13-15,23,27,37H,8-9,11-12,16-17H2,1H3,(H,43,44)(H2,36,38,39)/t23-,27?/m0/s1. The van der Waals surface area contributed by atoms with E-state index in [0.717, 1.165) is 0 Å². The number of ether oxygens (including phenoxy) is 1. The van der Waals surface area contributed by atoms with Crippen LogP contribution in [0.2, 0.25) is 0 Å². The molecule has 4 heterocycles. The van der Waals surface area contributed by atoms with Crippen molar-refractivity contribution in [2.24, 2.45) is 5.41 Å². The van der Waals surface area contributed by atoms with Crippen LogP contribution in [0.25, 0.3) is 16.8 Å². The summed E-state index contributed by atoms with van der Waals surface area (Å²) in [6, 6.07) is 12.4. The van der Waals surface area contributed by atoms with Crippen molar-refractivity contribution in [3.05, 3.63) is 77.9 Å². The predicted molar refractivity (Wildman–Crippen MR) is 157 cm³/mol. The van der Waals surface area contributed by atoms with E-state index in [1.54, 1.807) is 25.3 Å². The fourth-order valence-corrected chi connectivity index (χ4v) is 6.12. The van der Waals surface area contributed by atoms with E-state index in [1.165, 1.54) is 47.1 Å². The Balaban J connectivity index is 1.30. The first-order chi connectivity index (χ1) is 21.4. The lowest BCUT2D eigenvalue weighted by Gasteiger charge is -2.39. The van der Waals surface area contributed by atoms with E-state index in [9.17, 15) is 27.5 Å². The SMILES string of the molecule is Cc1ccn(-c2cc(-c3cccc(F)c3)ccc2C(Oc2cc(N3CCC4(CC3)CN[C@H](C(=O)O)C4)nc(N)n2)C(F)(F)F)n1. The number of piperidine rings is 1.